The van der Waals surface area contributed by atoms with Gasteiger partial charge in [0, 0.05) is 11.6 Å². The second kappa shape index (κ2) is 6.51. The molecule has 1 rings (SSSR count). The third-order valence-corrected chi connectivity index (χ3v) is 2.90. The van der Waals surface area contributed by atoms with E-state index in [9.17, 15) is 4.79 Å². The van der Waals surface area contributed by atoms with E-state index in [1.54, 1.807) is 6.07 Å². The molecule has 1 heterocycles. The quantitative estimate of drug-likeness (QED) is 0.686. The molecule has 0 saturated carbocycles. The van der Waals surface area contributed by atoms with Crippen LogP contribution in [-0.4, -0.2) is 0 Å². The molecule has 0 aliphatic rings. The summed E-state index contributed by atoms with van der Waals surface area (Å²) in [5.41, 5.74) is 0.999. The molecule has 0 aromatic carbocycles. The summed E-state index contributed by atoms with van der Waals surface area (Å²) in [7, 11) is 0. The van der Waals surface area contributed by atoms with E-state index < -0.39 is 0 Å². The summed E-state index contributed by atoms with van der Waals surface area (Å²) in [6.07, 6.45) is 6.98. The fraction of sp³-hybridized carbons (Fsp3) is 0.643. The van der Waals surface area contributed by atoms with Crippen molar-refractivity contribution in [1.82, 2.24) is 0 Å². The maximum Gasteiger partial charge on any atom is 0.188 e. The Labute approximate surface area is 97.7 Å². The number of rotatable bonds is 6. The van der Waals surface area contributed by atoms with Gasteiger partial charge >= 0.3 is 0 Å². The van der Waals surface area contributed by atoms with Gasteiger partial charge in [0.2, 0.25) is 0 Å². The van der Waals surface area contributed by atoms with Crippen LogP contribution in [0.3, 0.4) is 0 Å². The van der Waals surface area contributed by atoms with Crippen LogP contribution in [0.5, 0.6) is 0 Å². The molecule has 16 heavy (non-hydrogen) atoms. The van der Waals surface area contributed by atoms with Crippen molar-refractivity contribution in [2.24, 2.45) is 0 Å². The van der Waals surface area contributed by atoms with Crippen molar-refractivity contribution in [2.45, 2.75) is 59.3 Å². The molecule has 0 unspecified atom stereocenters. The van der Waals surface area contributed by atoms with Crippen LogP contribution in [0.2, 0.25) is 0 Å². The molecule has 0 N–H and O–H groups in total. The summed E-state index contributed by atoms with van der Waals surface area (Å²) in [6.45, 7) is 5.91. The van der Waals surface area contributed by atoms with Gasteiger partial charge < -0.3 is 4.42 Å². The lowest BCUT2D eigenvalue weighted by molar-refractivity contribution is 0.473. The SMILES string of the molecule is CCCCCCCc1c(C)oc(C)cc1=O. The number of hydrogen-bond donors (Lipinski definition) is 0. The lowest BCUT2D eigenvalue weighted by Gasteiger charge is -2.04. The largest absolute Gasteiger partial charge is 0.466 e. The average molecular weight is 222 g/mol. The molecular formula is C14H22O2. The third-order valence-electron chi connectivity index (χ3n) is 2.90. The molecule has 0 saturated heterocycles. The molecule has 0 radical (unpaired) electrons. The van der Waals surface area contributed by atoms with Gasteiger partial charge in [-0.05, 0) is 26.7 Å². The maximum absolute atomic E-state index is 11.7. The van der Waals surface area contributed by atoms with Gasteiger partial charge in [-0.1, -0.05) is 32.6 Å². The van der Waals surface area contributed by atoms with Crippen LogP contribution < -0.4 is 5.43 Å². The van der Waals surface area contributed by atoms with Crippen LogP contribution in [-0.2, 0) is 6.42 Å². The predicted molar refractivity (Wildman–Crippen MR) is 66.9 cm³/mol. The van der Waals surface area contributed by atoms with Gasteiger partial charge in [0.25, 0.3) is 0 Å². The van der Waals surface area contributed by atoms with E-state index >= 15 is 0 Å². The van der Waals surface area contributed by atoms with Crippen molar-refractivity contribution >= 4 is 0 Å². The Kier molecular flexibility index (Phi) is 5.30. The fourth-order valence-electron chi connectivity index (χ4n) is 1.98. The second-order valence-corrected chi connectivity index (χ2v) is 4.42. The van der Waals surface area contributed by atoms with E-state index in [2.05, 4.69) is 6.92 Å². The highest BCUT2D eigenvalue weighted by Crippen LogP contribution is 2.11. The van der Waals surface area contributed by atoms with Crippen LogP contribution in [0.1, 0.15) is 56.1 Å². The highest BCUT2D eigenvalue weighted by molar-refractivity contribution is 5.18. The molecule has 90 valence electrons. The van der Waals surface area contributed by atoms with Crippen molar-refractivity contribution < 1.29 is 4.42 Å². The fourth-order valence-corrected chi connectivity index (χ4v) is 1.98. The lowest BCUT2D eigenvalue weighted by Crippen LogP contribution is -2.10. The second-order valence-electron chi connectivity index (χ2n) is 4.42. The molecule has 2 nitrogen and oxygen atoms in total. The number of hydrogen-bond acceptors (Lipinski definition) is 2. The Morgan fingerprint density at radius 2 is 1.81 bits per heavy atom. The molecular weight excluding hydrogens is 200 g/mol. The van der Waals surface area contributed by atoms with E-state index in [1.807, 2.05) is 13.8 Å². The van der Waals surface area contributed by atoms with Gasteiger partial charge in [0.05, 0.1) is 0 Å². The van der Waals surface area contributed by atoms with Crippen molar-refractivity contribution in [2.75, 3.05) is 0 Å². The summed E-state index contributed by atoms with van der Waals surface area (Å²) >= 11 is 0. The predicted octanol–water partition coefficient (Wildman–Crippen LogP) is 3.77. The van der Waals surface area contributed by atoms with Crippen LogP contribution in [0.15, 0.2) is 15.3 Å². The molecule has 2 heteroatoms. The van der Waals surface area contributed by atoms with Gasteiger partial charge in [-0.3, -0.25) is 4.79 Å². The van der Waals surface area contributed by atoms with Crippen molar-refractivity contribution in [3.8, 4) is 0 Å². The minimum absolute atomic E-state index is 0.136. The molecule has 0 amide bonds. The van der Waals surface area contributed by atoms with Crippen LogP contribution in [0.25, 0.3) is 0 Å². The van der Waals surface area contributed by atoms with Gasteiger partial charge in [0.1, 0.15) is 11.5 Å². The van der Waals surface area contributed by atoms with Crippen molar-refractivity contribution in [1.29, 1.82) is 0 Å². The number of aryl methyl sites for hydroxylation is 2. The summed E-state index contributed by atoms with van der Waals surface area (Å²) in [5.74, 6) is 1.50. The maximum atomic E-state index is 11.7. The highest BCUT2D eigenvalue weighted by Gasteiger charge is 2.06. The van der Waals surface area contributed by atoms with Gasteiger partial charge in [-0.25, -0.2) is 0 Å². The smallest absolute Gasteiger partial charge is 0.188 e. The van der Waals surface area contributed by atoms with Crippen molar-refractivity contribution in [3.05, 3.63) is 33.4 Å². The van der Waals surface area contributed by atoms with Gasteiger partial charge in [-0.2, -0.15) is 0 Å². The minimum Gasteiger partial charge on any atom is -0.466 e. The van der Waals surface area contributed by atoms with Crippen LogP contribution >= 0.6 is 0 Å². The lowest BCUT2D eigenvalue weighted by atomic mass is 10.0. The zero-order chi connectivity index (χ0) is 12.0. The first-order valence-corrected chi connectivity index (χ1v) is 6.25. The Morgan fingerprint density at radius 1 is 1.12 bits per heavy atom. The summed E-state index contributed by atoms with van der Waals surface area (Å²) in [4.78, 5) is 11.7. The van der Waals surface area contributed by atoms with Crippen molar-refractivity contribution in [3.63, 3.8) is 0 Å². The first-order chi connectivity index (χ1) is 7.65. The average Bonchev–Trinajstić information content (AvgIpc) is 2.20. The van der Waals surface area contributed by atoms with E-state index in [0.717, 1.165) is 24.2 Å². The first-order valence-electron chi connectivity index (χ1n) is 6.25. The Morgan fingerprint density at radius 3 is 2.44 bits per heavy atom. The number of unbranched alkanes of at least 4 members (excludes halogenated alkanes) is 4. The van der Waals surface area contributed by atoms with E-state index in [0.29, 0.717) is 5.76 Å². The first kappa shape index (κ1) is 13.0. The summed E-state index contributed by atoms with van der Waals surface area (Å²) in [5, 5.41) is 0. The van der Waals surface area contributed by atoms with Gasteiger partial charge in [-0.15, -0.1) is 0 Å². The molecule has 0 aliphatic carbocycles. The van der Waals surface area contributed by atoms with Crippen LogP contribution in [0.4, 0.5) is 0 Å². The molecule has 1 aromatic rings. The molecule has 1 aromatic heterocycles. The zero-order valence-electron chi connectivity index (χ0n) is 10.6. The van der Waals surface area contributed by atoms with E-state index in [-0.39, 0.29) is 5.43 Å². The summed E-state index contributed by atoms with van der Waals surface area (Å²) < 4.78 is 5.47. The molecule has 0 aliphatic heterocycles. The molecule has 0 atom stereocenters. The summed E-state index contributed by atoms with van der Waals surface area (Å²) in [6, 6.07) is 1.59. The van der Waals surface area contributed by atoms with Crippen LogP contribution in [0, 0.1) is 13.8 Å². The third kappa shape index (κ3) is 3.84. The normalized spacial score (nSPS) is 10.7. The van der Waals surface area contributed by atoms with E-state index in [1.165, 1.54) is 25.7 Å². The zero-order valence-corrected chi connectivity index (χ0v) is 10.6. The van der Waals surface area contributed by atoms with E-state index in [4.69, 9.17) is 4.42 Å². The highest BCUT2D eigenvalue weighted by atomic mass is 16.3. The Bertz CT molecular complexity index is 377. The Balaban J connectivity index is 2.51. The van der Waals surface area contributed by atoms with Gasteiger partial charge in [0.15, 0.2) is 5.43 Å². The molecule has 0 spiro atoms. The topological polar surface area (TPSA) is 30.2 Å². The minimum atomic E-state index is 0.136. The monoisotopic (exact) mass is 222 g/mol. The molecule has 0 fully saturated rings. The molecule has 0 bridgehead atoms. The standard InChI is InChI=1S/C14H22O2/c1-4-5-6-7-8-9-13-12(3)16-11(2)10-14(13)15/h10H,4-9H2,1-3H3. The Hall–Kier alpha value is -1.05.